The van der Waals surface area contributed by atoms with Crippen LogP contribution in [0.5, 0.6) is 0 Å². The number of urea groups is 1. The van der Waals surface area contributed by atoms with Crippen LogP contribution in [0.15, 0.2) is 36.1 Å². The highest BCUT2D eigenvalue weighted by Gasteiger charge is 2.23. The normalized spacial score (nSPS) is 16.4. The fourth-order valence-corrected chi connectivity index (χ4v) is 3.16. The van der Waals surface area contributed by atoms with Crippen molar-refractivity contribution < 1.29 is 4.79 Å². The number of carbonyl (C=O) groups excluding carboxylic acids is 1. The SMILES string of the molecule is CC(NC(=O)N1CCN(c2nccs2)CC1)c1cccnc1. The lowest BCUT2D eigenvalue weighted by atomic mass is 10.1. The van der Waals surface area contributed by atoms with Gasteiger partial charge in [0, 0.05) is 50.1 Å². The number of anilines is 1. The molecule has 1 fully saturated rings. The molecular formula is C15H19N5OS. The van der Waals surface area contributed by atoms with E-state index in [4.69, 9.17) is 0 Å². The van der Waals surface area contributed by atoms with Crippen LogP contribution in [-0.4, -0.2) is 47.1 Å². The zero-order valence-corrected chi connectivity index (χ0v) is 13.3. The van der Waals surface area contributed by atoms with Crippen molar-refractivity contribution in [2.24, 2.45) is 0 Å². The number of carbonyl (C=O) groups is 1. The third-order valence-electron chi connectivity index (χ3n) is 3.78. The van der Waals surface area contributed by atoms with E-state index in [0.29, 0.717) is 13.1 Å². The molecule has 0 aliphatic carbocycles. The average molecular weight is 317 g/mol. The molecule has 3 rings (SSSR count). The Morgan fingerprint density at radius 2 is 2.14 bits per heavy atom. The van der Waals surface area contributed by atoms with E-state index in [1.165, 1.54) is 0 Å². The number of amides is 2. The van der Waals surface area contributed by atoms with E-state index >= 15 is 0 Å². The summed E-state index contributed by atoms with van der Waals surface area (Å²) >= 11 is 1.64. The molecule has 2 amide bonds. The van der Waals surface area contributed by atoms with Gasteiger partial charge >= 0.3 is 6.03 Å². The summed E-state index contributed by atoms with van der Waals surface area (Å²) in [6.45, 7) is 5.04. The van der Waals surface area contributed by atoms with Crippen molar-refractivity contribution in [3.63, 3.8) is 0 Å². The third kappa shape index (κ3) is 3.36. The quantitative estimate of drug-likeness (QED) is 0.942. The Morgan fingerprint density at radius 1 is 1.32 bits per heavy atom. The summed E-state index contributed by atoms with van der Waals surface area (Å²) in [6, 6.07) is 3.79. The number of pyridine rings is 1. The van der Waals surface area contributed by atoms with Crippen LogP contribution in [0.3, 0.4) is 0 Å². The topological polar surface area (TPSA) is 61.4 Å². The molecule has 0 radical (unpaired) electrons. The fraction of sp³-hybridized carbons (Fsp3) is 0.400. The van der Waals surface area contributed by atoms with E-state index in [2.05, 4.69) is 20.2 Å². The van der Waals surface area contributed by atoms with E-state index < -0.39 is 0 Å². The lowest BCUT2D eigenvalue weighted by Gasteiger charge is -2.35. The van der Waals surface area contributed by atoms with Crippen LogP contribution in [0, 0.1) is 0 Å². The van der Waals surface area contributed by atoms with Crippen molar-refractivity contribution in [2.45, 2.75) is 13.0 Å². The molecule has 3 heterocycles. The molecule has 2 aromatic heterocycles. The van der Waals surface area contributed by atoms with Gasteiger partial charge in [-0.2, -0.15) is 0 Å². The average Bonchev–Trinajstić information content (AvgIpc) is 3.10. The van der Waals surface area contributed by atoms with Crippen molar-refractivity contribution in [3.8, 4) is 0 Å². The molecule has 1 atom stereocenters. The molecule has 0 saturated carbocycles. The highest BCUT2D eigenvalue weighted by Crippen LogP contribution is 2.19. The van der Waals surface area contributed by atoms with Gasteiger partial charge in [0.25, 0.3) is 0 Å². The molecule has 7 heteroatoms. The van der Waals surface area contributed by atoms with Gasteiger partial charge in [-0.15, -0.1) is 11.3 Å². The van der Waals surface area contributed by atoms with Crippen molar-refractivity contribution in [3.05, 3.63) is 41.7 Å². The summed E-state index contributed by atoms with van der Waals surface area (Å²) in [4.78, 5) is 24.8. The van der Waals surface area contributed by atoms with Crippen LogP contribution in [0.4, 0.5) is 9.93 Å². The molecule has 116 valence electrons. The van der Waals surface area contributed by atoms with Crippen molar-refractivity contribution in [1.29, 1.82) is 0 Å². The molecule has 1 unspecified atom stereocenters. The monoisotopic (exact) mass is 317 g/mol. The lowest BCUT2D eigenvalue weighted by Crippen LogP contribution is -2.52. The molecule has 1 aliphatic rings. The molecule has 1 saturated heterocycles. The van der Waals surface area contributed by atoms with E-state index in [1.807, 2.05) is 35.5 Å². The van der Waals surface area contributed by atoms with Crippen LogP contribution in [0.2, 0.25) is 0 Å². The minimum atomic E-state index is -0.0433. The number of nitrogens with one attached hydrogen (secondary N) is 1. The number of piperazine rings is 1. The number of aromatic nitrogens is 2. The molecule has 0 bridgehead atoms. The zero-order valence-electron chi connectivity index (χ0n) is 12.5. The first-order valence-corrected chi connectivity index (χ1v) is 8.22. The highest BCUT2D eigenvalue weighted by molar-refractivity contribution is 7.13. The van der Waals surface area contributed by atoms with Crippen LogP contribution in [0.1, 0.15) is 18.5 Å². The van der Waals surface area contributed by atoms with E-state index in [0.717, 1.165) is 23.8 Å². The predicted molar refractivity (Wildman–Crippen MR) is 87.1 cm³/mol. The Bertz CT molecular complexity index is 596. The second-order valence-electron chi connectivity index (χ2n) is 5.25. The van der Waals surface area contributed by atoms with E-state index in [9.17, 15) is 4.79 Å². The third-order valence-corrected chi connectivity index (χ3v) is 4.61. The molecule has 0 aromatic carbocycles. The van der Waals surface area contributed by atoms with Gasteiger partial charge in [0.15, 0.2) is 5.13 Å². The largest absolute Gasteiger partial charge is 0.345 e. The van der Waals surface area contributed by atoms with Crippen molar-refractivity contribution in [1.82, 2.24) is 20.2 Å². The molecule has 0 spiro atoms. The summed E-state index contributed by atoms with van der Waals surface area (Å²) in [5.74, 6) is 0. The maximum absolute atomic E-state index is 12.3. The number of rotatable bonds is 3. The summed E-state index contributed by atoms with van der Waals surface area (Å²) < 4.78 is 0. The Balaban J connectivity index is 1.52. The van der Waals surface area contributed by atoms with Crippen LogP contribution in [-0.2, 0) is 0 Å². The highest BCUT2D eigenvalue weighted by atomic mass is 32.1. The van der Waals surface area contributed by atoms with Gasteiger partial charge in [-0.3, -0.25) is 4.98 Å². The molecule has 1 aliphatic heterocycles. The maximum Gasteiger partial charge on any atom is 0.317 e. The smallest absolute Gasteiger partial charge is 0.317 e. The van der Waals surface area contributed by atoms with Gasteiger partial charge in [0.2, 0.25) is 0 Å². The van der Waals surface area contributed by atoms with Crippen LogP contribution >= 0.6 is 11.3 Å². The Labute approximate surface area is 133 Å². The van der Waals surface area contributed by atoms with Gasteiger partial charge < -0.3 is 15.1 Å². The fourth-order valence-electron chi connectivity index (χ4n) is 2.46. The van der Waals surface area contributed by atoms with Gasteiger partial charge in [-0.1, -0.05) is 6.07 Å². The van der Waals surface area contributed by atoms with Gasteiger partial charge in [-0.25, -0.2) is 9.78 Å². The van der Waals surface area contributed by atoms with Gasteiger partial charge in [0.1, 0.15) is 0 Å². The maximum atomic E-state index is 12.3. The first-order valence-electron chi connectivity index (χ1n) is 7.34. The summed E-state index contributed by atoms with van der Waals surface area (Å²) in [5, 5.41) is 6.04. The number of thiazole rings is 1. The van der Waals surface area contributed by atoms with Crippen molar-refractivity contribution >= 4 is 22.5 Å². The zero-order chi connectivity index (χ0) is 15.4. The van der Waals surface area contributed by atoms with Crippen LogP contribution < -0.4 is 10.2 Å². The van der Waals surface area contributed by atoms with Crippen LogP contribution in [0.25, 0.3) is 0 Å². The second kappa shape index (κ2) is 6.74. The van der Waals surface area contributed by atoms with E-state index in [1.54, 1.807) is 23.7 Å². The van der Waals surface area contributed by atoms with E-state index in [-0.39, 0.29) is 12.1 Å². The minimum Gasteiger partial charge on any atom is -0.345 e. The number of hydrogen-bond donors (Lipinski definition) is 1. The Morgan fingerprint density at radius 3 is 2.77 bits per heavy atom. The summed E-state index contributed by atoms with van der Waals surface area (Å²) in [7, 11) is 0. The van der Waals surface area contributed by atoms with Crippen molar-refractivity contribution in [2.75, 3.05) is 31.1 Å². The van der Waals surface area contributed by atoms with Gasteiger partial charge in [0.05, 0.1) is 6.04 Å². The Hall–Kier alpha value is -2.15. The summed E-state index contributed by atoms with van der Waals surface area (Å²) in [5.41, 5.74) is 1.01. The number of nitrogens with zero attached hydrogens (tertiary/aromatic N) is 4. The minimum absolute atomic E-state index is 0.0184. The molecule has 1 N–H and O–H groups in total. The summed E-state index contributed by atoms with van der Waals surface area (Å²) in [6.07, 6.45) is 5.33. The second-order valence-corrected chi connectivity index (χ2v) is 6.12. The molecular weight excluding hydrogens is 298 g/mol. The number of hydrogen-bond acceptors (Lipinski definition) is 5. The molecule has 2 aromatic rings. The molecule has 6 nitrogen and oxygen atoms in total. The standard InChI is InChI=1S/C15H19N5OS/c1-12(13-3-2-4-16-11-13)18-14(21)19-6-8-20(9-7-19)15-17-5-10-22-15/h2-5,10-12H,6-9H2,1H3,(H,18,21). The first kappa shape index (κ1) is 14.8. The lowest BCUT2D eigenvalue weighted by molar-refractivity contribution is 0.191. The molecule has 22 heavy (non-hydrogen) atoms. The first-order chi connectivity index (χ1) is 10.7. The Kier molecular flexibility index (Phi) is 4.53. The van der Waals surface area contributed by atoms with Gasteiger partial charge in [-0.05, 0) is 18.6 Å². The predicted octanol–water partition coefficient (Wildman–Crippen LogP) is 2.13.